The Labute approximate surface area is 317 Å². The van der Waals surface area contributed by atoms with Gasteiger partial charge in [0, 0.05) is 25.6 Å². The summed E-state index contributed by atoms with van der Waals surface area (Å²) in [5.74, 6) is -1.44. The van der Waals surface area contributed by atoms with Gasteiger partial charge in [0.1, 0.15) is 35.2 Å². The smallest absolute Gasteiger partial charge is 0.407 e. The van der Waals surface area contributed by atoms with E-state index in [0.717, 1.165) is 18.4 Å². The third kappa shape index (κ3) is 11.3. The van der Waals surface area contributed by atoms with Gasteiger partial charge in [0.15, 0.2) is 0 Å². The molecule has 298 valence electrons. The largest absolute Gasteiger partial charge is 0.443 e. The minimum absolute atomic E-state index is 0.0568. The van der Waals surface area contributed by atoms with Crippen molar-refractivity contribution in [1.29, 1.82) is 0 Å². The lowest BCUT2D eigenvalue weighted by molar-refractivity contribution is -0.130. The maximum absolute atomic E-state index is 13.2. The maximum atomic E-state index is 13.2. The highest BCUT2D eigenvalue weighted by Gasteiger charge is 2.72. The zero-order valence-corrected chi connectivity index (χ0v) is 32.2. The van der Waals surface area contributed by atoms with Crippen molar-refractivity contribution >= 4 is 29.6 Å². The molecule has 0 radical (unpaired) electrons. The number of ketones is 1. The van der Waals surface area contributed by atoms with E-state index in [1.165, 1.54) is 12.5 Å². The molecule has 0 aromatic heterocycles. The number of Topliss-reactive ketones (excluding diaryl/α,β-unsaturated/α-hetero) is 1. The number of hydrogen-bond donors (Lipinski definition) is 6. The maximum Gasteiger partial charge on any atom is 0.407 e. The van der Waals surface area contributed by atoms with Crippen LogP contribution in [0.5, 0.6) is 0 Å². The number of carbonyl (C=O) groups is 5. The molecule has 54 heavy (non-hydrogen) atoms. The summed E-state index contributed by atoms with van der Waals surface area (Å²) in [4.78, 5) is 62.8. The fraction of sp³-hybridized carbons (Fsp3) is 0.667. The molecule has 0 bridgehead atoms. The van der Waals surface area contributed by atoms with E-state index < -0.39 is 35.7 Å². The molecule has 15 heteroatoms. The molecule has 2 saturated carbocycles. The molecular weight excluding hydrogens is 696 g/mol. The van der Waals surface area contributed by atoms with Gasteiger partial charge in [-0.1, -0.05) is 42.0 Å². The number of hydrazine groups is 1. The summed E-state index contributed by atoms with van der Waals surface area (Å²) in [5, 5.41) is 11.4. The van der Waals surface area contributed by atoms with Crippen LogP contribution in [0.4, 0.5) is 4.79 Å². The summed E-state index contributed by atoms with van der Waals surface area (Å²) in [7, 11) is 1.66. The van der Waals surface area contributed by atoms with Gasteiger partial charge in [0.2, 0.25) is 17.7 Å². The van der Waals surface area contributed by atoms with Crippen molar-refractivity contribution in [3.05, 3.63) is 47.5 Å². The zero-order valence-electron chi connectivity index (χ0n) is 32.2. The number of amides is 4. The Morgan fingerprint density at radius 2 is 1.57 bits per heavy atom. The van der Waals surface area contributed by atoms with Crippen LogP contribution in [0.15, 0.2) is 42.0 Å². The molecular formula is C39H58N6O9. The average Bonchev–Trinajstić information content (AvgIpc) is 4.06. The van der Waals surface area contributed by atoms with Gasteiger partial charge < -0.3 is 40.2 Å². The Balaban J connectivity index is 1.04. The summed E-state index contributed by atoms with van der Waals surface area (Å²) < 4.78 is 24.3. The van der Waals surface area contributed by atoms with Gasteiger partial charge in [0.05, 0.1) is 38.3 Å². The third-order valence-electron chi connectivity index (χ3n) is 11.0. The van der Waals surface area contributed by atoms with Crippen LogP contribution in [0.3, 0.4) is 0 Å². The number of alkyl carbamates (subject to hydrolysis) is 1. The van der Waals surface area contributed by atoms with Gasteiger partial charge in [-0.3, -0.25) is 19.2 Å². The van der Waals surface area contributed by atoms with E-state index in [0.29, 0.717) is 38.7 Å². The first-order valence-corrected chi connectivity index (χ1v) is 19.1. The van der Waals surface area contributed by atoms with Gasteiger partial charge in [-0.25, -0.2) is 15.6 Å². The SMILES string of the molecule is COC1C(OC(=O)NC2CCC(NC(=O)CNC(=O)[C@H](Cc3ccccc3)NC(=O)CNNCC(C)=O)CC2)CC[C@]2(CO2)C1C1(C)O[C@@H]1CC=C(C)C. The highest BCUT2D eigenvalue weighted by molar-refractivity contribution is 5.91. The molecule has 4 unspecified atom stereocenters. The number of allylic oxidation sites excluding steroid dienone is 1. The molecule has 2 saturated heterocycles. The molecule has 1 aromatic carbocycles. The third-order valence-corrected chi connectivity index (χ3v) is 11.0. The highest BCUT2D eigenvalue weighted by atomic mass is 16.6. The Kier molecular flexibility index (Phi) is 14.2. The molecule has 2 heterocycles. The molecule has 2 aliphatic heterocycles. The lowest BCUT2D eigenvalue weighted by Gasteiger charge is -2.42. The highest BCUT2D eigenvalue weighted by Crippen LogP contribution is 2.59. The number of benzene rings is 1. The van der Waals surface area contributed by atoms with Crippen LogP contribution in [0.1, 0.15) is 78.2 Å². The van der Waals surface area contributed by atoms with Gasteiger partial charge in [-0.15, -0.1) is 0 Å². The molecule has 4 amide bonds. The monoisotopic (exact) mass is 754 g/mol. The van der Waals surface area contributed by atoms with Crippen LogP contribution in [0.2, 0.25) is 0 Å². The predicted molar refractivity (Wildman–Crippen MR) is 199 cm³/mol. The fourth-order valence-electron chi connectivity index (χ4n) is 7.99. The molecule has 4 fully saturated rings. The van der Waals surface area contributed by atoms with Crippen LogP contribution in [0.25, 0.3) is 0 Å². The Morgan fingerprint density at radius 1 is 0.907 bits per heavy atom. The van der Waals surface area contributed by atoms with Crippen molar-refractivity contribution in [1.82, 2.24) is 32.1 Å². The van der Waals surface area contributed by atoms with Gasteiger partial charge >= 0.3 is 6.09 Å². The molecule has 2 aliphatic carbocycles. The second-order valence-corrected chi connectivity index (χ2v) is 15.5. The number of epoxide rings is 2. The summed E-state index contributed by atoms with van der Waals surface area (Å²) in [6, 6.07) is 8.11. The number of hydrogen-bond acceptors (Lipinski definition) is 11. The van der Waals surface area contributed by atoms with E-state index in [-0.39, 0.29) is 73.6 Å². The number of ether oxygens (including phenoxy) is 4. The van der Waals surface area contributed by atoms with E-state index >= 15 is 0 Å². The van der Waals surface area contributed by atoms with Crippen molar-refractivity contribution in [2.24, 2.45) is 5.92 Å². The van der Waals surface area contributed by atoms with E-state index in [4.69, 9.17) is 18.9 Å². The molecule has 4 aliphatic rings. The number of methoxy groups -OCH3 is 1. The number of nitrogens with one attached hydrogen (secondary N) is 6. The van der Waals surface area contributed by atoms with E-state index in [1.54, 1.807) is 7.11 Å². The van der Waals surface area contributed by atoms with Gasteiger partial charge in [-0.2, -0.15) is 0 Å². The van der Waals surface area contributed by atoms with E-state index in [9.17, 15) is 24.0 Å². The molecule has 1 spiro atoms. The Morgan fingerprint density at radius 3 is 2.20 bits per heavy atom. The lowest BCUT2D eigenvalue weighted by Crippen LogP contribution is -2.56. The normalized spacial score (nSPS) is 30.3. The van der Waals surface area contributed by atoms with Crippen molar-refractivity contribution < 1.29 is 42.9 Å². The first-order chi connectivity index (χ1) is 25.8. The Bertz CT molecular complexity index is 1510. The summed E-state index contributed by atoms with van der Waals surface area (Å²) in [6.45, 7) is 8.00. The van der Waals surface area contributed by atoms with E-state index in [1.807, 2.05) is 30.3 Å². The first-order valence-electron chi connectivity index (χ1n) is 19.1. The van der Waals surface area contributed by atoms with Crippen LogP contribution in [0, 0.1) is 5.92 Å². The minimum atomic E-state index is -0.917. The first kappa shape index (κ1) is 41.3. The quantitative estimate of drug-likeness (QED) is 0.0552. The Hall–Kier alpha value is -3.89. The molecule has 1 aromatic rings. The van der Waals surface area contributed by atoms with Crippen LogP contribution in [-0.4, -0.2) is 111 Å². The second-order valence-electron chi connectivity index (χ2n) is 15.5. The topological polar surface area (TPSA) is 201 Å². The summed E-state index contributed by atoms with van der Waals surface area (Å²) >= 11 is 0. The van der Waals surface area contributed by atoms with Crippen molar-refractivity contribution in [3.8, 4) is 0 Å². The predicted octanol–water partition coefficient (Wildman–Crippen LogP) is 1.74. The number of rotatable bonds is 18. The van der Waals surface area contributed by atoms with Gasteiger partial charge in [-0.05, 0) is 78.2 Å². The van der Waals surface area contributed by atoms with Crippen LogP contribution in [-0.2, 0) is 44.5 Å². The number of carbonyl (C=O) groups excluding carboxylic acids is 5. The van der Waals surface area contributed by atoms with E-state index in [2.05, 4.69) is 59.0 Å². The summed E-state index contributed by atoms with van der Waals surface area (Å²) in [5.41, 5.74) is 6.66. The zero-order chi connectivity index (χ0) is 38.9. The minimum Gasteiger partial charge on any atom is -0.443 e. The second kappa shape index (κ2) is 18.6. The molecule has 5 rings (SSSR count). The molecule has 15 nitrogen and oxygen atoms in total. The van der Waals surface area contributed by atoms with Crippen LogP contribution >= 0.6 is 0 Å². The van der Waals surface area contributed by atoms with Crippen LogP contribution < -0.4 is 32.1 Å². The van der Waals surface area contributed by atoms with Crippen molar-refractivity contribution in [2.45, 2.75) is 127 Å². The summed E-state index contributed by atoms with van der Waals surface area (Å²) in [6.07, 6.45) is 6.06. The molecule has 7 atom stereocenters. The van der Waals surface area contributed by atoms with Crippen molar-refractivity contribution in [3.63, 3.8) is 0 Å². The lowest BCUT2D eigenvalue weighted by atomic mass is 9.68. The molecule has 6 N–H and O–H groups in total. The van der Waals surface area contributed by atoms with Crippen molar-refractivity contribution in [2.75, 3.05) is 33.4 Å². The standard InChI is InChI=1S/C39H58N6O9/c1-24(2)11-16-31-38(4,54-31)35-34(51-5)30(17-18-39(35)23-52-39)53-37(50)44-28-14-12-27(13-15-28)43-32(47)21-40-36(49)29(19-26-9-7-6-8-10-26)45-33(48)22-42-41-20-25(3)46/h6-11,27-31,34-35,41-42H,12-23H2,1-5H3,(H,40,49)(H,43,47)(H,44,50)(H,45,48)/t27?,28?,29-,30?,31+,34?,35?,38?,39-/m0/s1. The average molecular weight is 755 g/mol. The van der Waals surface area contributed by atoms with Gasteiger partial charge in [0.25, 0.3) is 0 Å². The fourth-order valence-corrected chi connectivity index (χ4v) is 7.99.